The first-order chi connectivity index (χ1) is 13.0. The minimum Gasteiger partial charge on any atom is -0.497 e. The van der Waals surface area contributed by atoms with Crippen molar-refractivity contribution in [2.75, 3.05) is 26.1 Å². The maximum absolute atomic E-state index is 12.9. The molecule has 0 radical (unpaired) electrons. The SMILES string of the molecule is COc1ccc(NCC(=O)c2cc(C)n(C3CCCCC3)c2C)c(OC)c1. The van der Waals surface area contributed by atoms with Gasteiger partial charge < -0.3 is 19.4 Å². The van der Waals surface area contributed by atoms with E-state index in [4.69, 9.17) is 9.47 Å². The van der Waals surface area contributed by atoms with Gasteiger partial charge in [0.1, 0.15) is 11.5 Å². The van der Waals surface area contributed by atoms with Gasteiger partial charge in [0.2, 0.25) is 0 Å². The lowest BCUT2D eigenvalue weighted by molar-refractivity contribution is 0.100. The Morgan fingerprint density at radius 2 is 1.85 bits per heavy atom. The number of carbonyl (C=O) groups is 1. The fraction of sp³-hybridized carbons (Fsp3) is 0.500. The molecule has 0 saturated heterocycles. The van der Waals surface area contributed by atoms with Gasteiger partial charge in [-0.3, -0.25) is 4.79 Å². The van der Waals surface area contributed by atoms with Crippen LogP contribution in [-0.2, 0) is 0 Å². The van der Waals surface area contributed by atoms with Crippen LogP contribution in [0.5, 0.6) is 11.5 Å². The normalized spacial score (nSPS) is 14.8. The second-order valence-electron chi connectivity index (χ2n) is 7.29. The van der Waals surface area contributed by atoms with Crippen LogP contribution in [0, 0.1) is 13.8 Å². The van der Waals surface area contributed by atoms with E-state index in [2.05, 4.69) is 23.7 Å². The standard InChI is InChI=1S/C22H30N2O3/c1-15-12-19(16(2)24(15)17-8-6-5-7-9-17)21(25)14-23-20-11-10-18(26-3)13-22(20)27-4/h10-13,17,23H,5-9,14H2,1-4H3. The number of ether oxygens (including phenoxy) is 2. The van der Waals surface area contributed by atoms with E-state index in [1.54, 1.807) is 14.2 Å². The topological polar surface area (TPSA) is 52.5 Å². The summed E-state index contributed by atoms with van der Waals surface area (Å²) in [7, 11) is 3.23. The third-order valence-electron chi connectivity index (χ3n) is 5.57. The summed E-state index contributed by atoms with van der Waals surface area (Å²) in [5.41, 5.74) is 3.88. The molecule has 1 aliphatic carbocycles. The van der Waals surface area contributed by atoms with Gasteiger partial charge in [0.15, 0.2) is 5.78 Å². The molecular formula is C22H30N2O3. The van der Waals surface area contributed by atoms with Gasteiger partial charge in [-0.05, 0) is 44.9 Å². The van der Waals surface area contributed by atoms with Crippen LogP contribution in [-0.4, -0.2) is 31.1 Å². The highest BCUT2D eigenvalue weighted by molar-refractivity contribution is 6.00. The number of benzene rings is 1. The highest BCUT2D eigenvalue weighted by Gasteiger charge is 2.22. The molecule has 0 atom stereocenters. The van der Waals surface area contributed by atoms with E-state index in [1.807, 2.05) is 24.3 Å². The van der Waals surface area contributed by atoms with Crippen LogP contribution in [0.25, 0.3) is 0 Å². The average molecular weight is 370 g/mol. The molecule has 3 rings (SSSR count). The molecule has 0 unspecified atom stereocenters. The minimum absolute atomic E-state index is 0.100. The Labute approximate surface area is 161 Å². The molecule has 0 amide bonds. The van der Waals surface area contributed by atoms with Gasteiger partial charge in [0, 0.05) is 29.1 Å². The van der Waals surface area contributed by atoms with E-state index >= 15 is 0 Å². The van der Waals surface area contributed by atoms with Crippen molar-refractivity contribution in [2.45, 2.75) is 52.0 Å². The van der Waals surface area contributed by atoms with Crippen LogP contribution in [0.3, 0.4) is 0 Å². The third kappa shape index (κ3) is 4.12. The summed E-state index contributed by atoms with van der Waals surface area (Å²) in [5, 5.41) is 3.21. The van der Waals surface area contributed by atoms with Crippen LogP contribution in [0.2, 0.25) is 0 Å². The van der Waals surface area contributed by atoms with Crippen LogP contribution in [0.15, 0.2) is 24.3 Å². The Morgan fingerprint density at radius 3 is 2.52 bits per heavy atom. The van der Waals surface area contributed by atoms with Crippen LogP contribution in [0.4, 0.5) is 5.69 Å². The predicted octanol–water partition coefficient (Wildman–Crippen LogP) is 4.92. The molecule has 2 aromatic rings. The van der Waals surface area contributed by atoms with E-state index in [1.165, 1.54) is 37.8 Å². The Kier molecular flexibility index (Phi) is 6.09. The number of aryl methyl sites for hydroxylation is 1. The number of Topliss-reactive ketones (excluding diaryl/α,β-unsaturated/α-hetero) is 1. The maximum atomic E-state index is 12.9. The van der Waals surface area contributed by atoms with E-state index in [0.29, 0.717) is 11.8 Å². The number of methoxy groups -OCH3 is 2. The van der Waals surface area contributed by atoms with Gasteiger partial charge in [0.25, 0.3) is 0 Å². The number of ketones is 1. The first kappa shape index (κ1) is 19.3. The molecule has 0 spiro atoms. The summed E-state index contributed by atoms with van der Waals surface area (Å²) in [6.45, 7) is 4.42. The van der Waals surface area contributed by atoms with Crippen LogP contribution in [0.1, 0.15) is 59.9 Å². The van der Waals surface area contributed by atoms with Crippen molar-refractivity contribution in [1.29, 1.82) is 0 Å². The predicted molar refractivity (Wildman–Crippen MR) is 108 cm³/mol. The highest BCUT2D eigenvalue weighted by Crippen LogP contribution is 2.33. The molecular weight excluding hydrogens is 340 g/mol. The molecule has 1 aromatic carbocycles. The number of nitrogens with zero attached hydrogens (tertiary/aromatic N) is 1. The molecule has 0 bridgehead atoms. The van der Waals surface area contributed by atoms with Gasteiger partial charge in [-0.1, -0.05) is 19.3 Å². The monoisotopic (exact) mass is 370 g/mol. The summed E-state index contributed by atoms with van der Waals surface area (Å²) >= 11 is 0. The Bertz CT molecular complexity index is 804. The van der Waals surface area contributed by atoms with Crippen molar-refractivity contribution in [3.05, 3.63) is 41.2 Å². The number of anilines is 1. The smallest absolute Gasteiger partial charge is 0.183 e. The van der Waals surface area contributed by atoms with E-state index in [9.17, 15) is 4.79 Å². The number of hydrogen-bond donors (Lipinski definition) is 1. The number of rotatable bonds is 7. The zero-order valence-corrected chi connectivity index (χ0v) is 16.8. The summed E-state index contributed by atoms with van der Waals surface area (Å²) in [4.78, 5) is 12.9. The first-order valence-corrected chi connectivity index (χ1v) is 9.72. The summed E-state index contributed by atoms with van der Waals surface area (Å²) in [6.07, 6.45) is 6.32. The maximum Gasteiger partial charge on any atom is 0.183 e. The molecule has 5 nitrogen and oxygen atoms in total. The van der Waals surface area contributed by atoms with Crippen LogP contribution < -0.4 is 14.8 Å². The van der Waals surface area contributed by atoms with Gasteiger partial charge in [-0.2, -0.15) is 0 Å². The van der Waals surface area contributed by atoms with Crippen molar-refractivity contribution >= 4 is 11.5 Å². The number of aromatic nitrogens is 1. The Hall–Kier alpha value is -2.43. The van der Waals surface area contributed by atoms with Crippen molar-refractivity contribution < 1.29 is 14.3 Å². The van der Waals surface area contributed by atoms with Crippen molar-refractivity contribution in [1.82, 2.24) is 4.57 Å². The molecule has 1 saturated carbocycles. The molecule has 0 aliphatic heterocycles. The van der Waals surface area contributed by atoms with Gasteiger partial charge in [-0.15, -0.1) is 0 Å². The number of carbonyl (C=O) groups excluding carboxylic acids is 1. The third-order valence-corrected chi connectivity index (χ3v) is 5.57. The second kappa shape index (κ2) is 8.51. The molecule has 5 heteroatoms. The fourth-order valence-electron chi connectivity index (χ4n) is 4.18. The number of nitrogens with one attached hydrogen (secondary N) is 1. The summed E-state index contributed by atoms with van der Waals surface area (Å²) < 4.78 is 13.0. The van der Waals surface area contributed by atoms with Crippen molar-refractivity contribution in [3.63, 3.8) is 0 Å². The molecule has 27 heavy (non-hydrogen) atoms. The molecule has 146 valence electrons. The first-order valence-electron chi connectivity index (χ1n) is 9.72. The second-order valence-corrected chi connectivity index (χ2v) is 7.29. The minimum atomic E-state index is 0.100. The van der Waals surface area contributed by atoms with Crippen LogP contribution >= 0.6 is 0 Å². The fourth-order valence-corrected chi connectivity index (χ4v) is 4.18. The van der Waals surface area contributed by atoms with E-state index in [-0.39, 0.29) is 12.3 Å². The molecule has 1 N–H and O–H groups in total. The van der Waals surface area contributed by atoms with Crippen molar-refractivity contribution in [2.24, 2.45) is 0 Å². The van der Waals surface area contributed by atoms with E-state index in [0.717, 1.165) is 22.7 Å². The molecule has 1 aliphatic rings. The lowest BCUT2D eigenvalue weighted by atomic mass is 9.95. The van der Waals surface area contributed by atoms with E-state index < -0.39 is 0 Å². The average Bonchev–Trinajstić information content (AvgIpc) is 3.00. The van der Waals surface area contributed by atoms with Gasteiger partial charge >= 0.3 is 0 Å². The Balaban J connectivity index is 1.73. The number of hydrogen-bond acceptors (Lipinski definition) is 4. The largest absolute Gasteiger partial charge is 0.497 e. The summed E-state index contributed by atoms with van der Waals surface area (Å²) in [6, 6.07) is 8.11. The van der Waals surface area contributed by atoms with Gasteiger partial charge in [-0.25, -0.2) is 0 Å². The summed E-state index contributed by atoms with van der Waals surface area (Å²) in [5.74, 6) is 1.48. The quantitative estimate of drug-likeness (QED) is 0.703. The zero-order valence-electron chi connectivity index (χ0n) is 16.8. The Morgan fingerprint density at radius 1 is 1.11 bits per heavy atom. The van der Waals surface area contributed by atoms with Crippen molar-refractivity contribution in [3.8, 4) is 11.5 Å². The zero-order chi connectivity index (χ0) is 19.4. The molecule has 1 heterocycles. The highest BCUT2D eigenvalue weighted by atomic mass is 16.5. The lowest BCUT2D eigenvalue weighted by Crippen LogP contribution is -2.18. The molecule has 1 aromatic heterocycles. The molecule has 1 fully saturated rings. The van der Waals surface area contributed by atoms with Gasteiger partial charge in [0.05, 0.1) is 26.5 Å². The lowest BCUT2D eigenvalue weighted by Gasteiger charge is -2.26.